The number of carbonyl (C=O) groups excluding carboxylic acids is 2. The van der Waals surface area contributed by atoms with E-state index in [-0.39, 0.29) is 17.5 Å². The summed E-state index contributed by atoms with van der Waals surface area (Å²) in [5, 5.41) is 13.0. The first kappa shape index (κ1) is 11.8. The monoisotopic (exact) mass is 232 g/mol. The van der Waals surface area contributed by atoms with Crippen molar-refractivity contribution in [1.29, 1.82) is 0 Å². The van der Waals surface area contributed by atoms with Gasteiger partial charge in [-0.3, -0.25) is 14.9 Å². The zero-order valence-electron chi connectivity index (χ0n) is 7.99. The molecule has 0 saturated heterocycles. The van der Waals surface area contributed by atoms with E-state index in [1.165, 1.54) is 0 Å². The molecular weight excluding hydrogens is 220 g/mol. The van der Waals surface area contributed by atoms with Crippen molar-refractivity contribution in [2.24, 2.45) is 0 Å². The lowest BCUT2D eigenvalue weighted by molar-refractivity contribution is -0.133. The maximum Gasteiger partial charge on any atom is 0.321 e. The normalized spacial score (nSPS) is 14.4. The third-order valence-electron chi connectivity index (χ3n) is 1.62. The van der Waals surface area contributed by atoms with Crippen LogP contribution in [-0.2, 0) is 9.59 Å². The first-order valence-electron chi connectivity index (χ1n) is 4.48. The molecule has 7 heteroatoms. The van der Waals surface area contributed by atoms with Gasteiger partial charge >= 0.3 is 12.0 Å². The molecule has 84 valence electrons. The van der Waals surface area contributed by atoms with Gasteiger partial charge in [0, 0.05) is 6.04 Å². The van der Waals surface area contributed by atoms with Gasteiger partial charge in [-0.25, -0.2) is 4.79 Å². The van der Waals surface area contributed by atoms with Crippen LogP contribution in [0, 0.1) is 0 Å². The molecule has 1 aliphatic rings. The Balaban J connectivity index is 2.06. The van der Waals surface area contributed by atoms with Gasteiger partial charge < -0.3 is 10.4 Å². The molecule has 0 unspecified atom stereocenters. The third kappa shape index (κ3) is 5.95. The summed E-state index contributed by atoms with van der Waals surface area (Å²) in [6, 6.07) is -0.303. The van der Waals surface area contributed by atoms with Gasteiger partial charge in [-0.1, -0.05) is 0 Å². The van der Waals surface area contributed by atoms with Crippen LogP contribution in [0.4, 0.5) is 4.79 Å². The second-order valence-corrected chi connectivity index (χ2v) is 4.17. The van der Waals surface area contributed by atoms with Crippen LogP contribution in [0.1, 0.15) is 12.8 Å². The number of imide groups is 1. The molecule has 6 nitrogen and oxygen atoms in total. The molecule has 0 aromatic heterocycles. The number of urea groups is 1. The van der Waals surface area contributed by atoms with Gasteiger partial charge in [0.15, 0.2) is 0 Å². The van der Waals surface area contributed by atoms with Crippen molar-refractivity contribution in [3.05, 3.63) is 0 Å². The maximum atomic E-state index is 11.1. The third-order valence-corrected chi connectivity index (χ3v) is 2.54. The molecule has 0 heterocycles. The van der Waals surface area contributed by atoms with E-state index in [2.05, 4.69) is 10.6 Å². The van der Waals surface area contributed by atoms with Crippen LogP contribution >= 0.6 is 11.8 Å². The topological polar surface area (TPSA) is 95.5 Å². The van der Waals surface area contributed by atoms with E-state index < -0.39 is 17.9 Å². The molecule has 1 saturated carbocycles. The molecule has 1 rings (SSSR count). The molecule has 3 N–H and O–H groups in total. The van der Waals surface area contributed by atoms with Crippen LogP contribution in [-0.4, -0.2) is 40.6 Å². The Bertz CT molecular complexity index is 278. The summed E-state index contributed by atoms with van der Waals surface area (Å²) in [6.45, 7) is 0. The molecule has 3 amide bonds. The van der Waals surface area contributed by atoms with Crippen molar-refractivity contribution in [2.45, 2.75) is 18.9 Å². The van der Waals surface area contributed by atoms with Gasteiger partial charge in [-0.2, -0.15) is 0 Å². The van der Waals surface area contributed by atoms with E-state index in [1.807, 2.05) is 0 Å². The minimum Gasteiger partial charge on any atom is -0.481 e. The van der Waals surface area contributed by atoms with Crippen LogP contribution in [0.2, 0.25) is 0 Å². The average Bonchev–Trinajstić information content (AvgIpc) is 2.86. The molecule has 15 heavy (non-hydrogen) atoms. The lowest BCUT2D eigenvalue weighted by Gasteiger charge is -2.04. The second kappa shape index (κ2) is 5.59. The molecule has 0 aliphatic heterocycles. The van der Waals surface area contributed by atoms with E-state index in [4.69, 9.17) is 5.11 Å². The average molecular weight is 232 g/mol. The number of amides is 3. The number of carbonyl (C=O) groups is 3. The second-order valence-electron chi connectivity index (χ2n) is 3.18. The van der Waals surface area contributed by atoms with Crippen molar-refractivity contribution in [1.82, 2.24) is 10.6 Å². The number of aliphatic carboxylic acids is 1. The highest BCUT2D eigenvalue weighted by Gasteiger charge is 2.23. The first-order chi connectivity index (χ1) is 7.08. The van der Waals surface area contributed by atoms with E-state index in [0.29, 0.717) is 0 Å². The summed E-state index contributed by atoms with van der Waals surface area (Å²) in [6.07, 6.45) is 1.91. The van der Waals surface area contributed by atoms with Gasteiger partial charge in [-0.15, -0.1) is 11.8 Å². The largest absolute Gasteiger partial charge is 0.481 e. The predicted octanol–water partition coefficient (Wildman–Crippen LogP) is -0.208. The SMILES string of the molecule is O=C(O)CSCC(=O)NC(=O)NC1CC1. The smallest absolute Gasteiger partial charge is 0.321 e. The highest BCUT2D eigenvalue weighted by Crippen LogP contribution is 2.18. The summed E-state index contributed by atoms with van der Waals surface area (Å²) in [5.74, 6) is -1.61. The minimum absolute atomic E-state index is 0.0234. The molecule has 0 bridgehead atoms. The number of hydrogen-bond acceptors (Lipinski definition) is 4. The number of rotatable bonds is 5. The number of nitrogens with one attached hydrogen (secondary N) is 2. The Hall–Kier alpha value is -1.24. The van der Waals surface area contributed by atoms with Crippen molar-refractivity contribution in [2.75, 3.05) is 11.5 Å². The number of carboxylic acids is 1. The fourth-order valence-electron chi connectivity index (χ4n) is 0.843. The van der Waals surface area contributed by atoms with Crippen molar-refractivity contribution in [3.8, 4) is 0 Å². The summed E-state index contributed by atoms with van der Waals surface area (Å²) in [4.78, 5) is 32.2. The highest BCUT2D eigenvalue weighted by molar-refractivity contribution is 8.00. The standard InChI is InChI=1S/C8H12N2O4S/c11-6(3-15-4-7(12)13)10-8(14)9-5-1-2-5/h5H,1-4H2,(H,12,13)(H2,9,10,11,14). The Labute approximate surface area is 90.8 Å². The van der Waals surface area contributed by atoms with Crippen molar-refractivity contribution < 1.29 is 19.5 Å². The van der Waals surface area contributed by atoms with Crippen molar-refractivity contribution >= 4 is 29.7 Å². The quantitative estimate of drug-likeness (QED) is 0.609. The zero-order chi connectivity index (χ0) is 11.3. The van der Waals surface area contributed by atoms with Gasteiger partial charge in [0.2, 0.25) is 5.91 Å². The Morgan fingerprint density at radius 2 is 1.93 bits per heavy atom. The Kier molecular flexibility index (Phi) is 4.41. The number of thioether (sulfide) groups is 1. The van der Waals surface area contributed by atoms with Crippen molar-refractivity contribution in [3.63, 3.8) is 0 Å². The maximum absolute atomic E-state index is 11.1. The minimum atomic E-state index is -0.977. The van der Waals surface area contributed by atoms with E-state index in [1.54, 1.807) is 0 Å². The summed E-state index contributed by atoms with van der Waals surface area (Å²) < 4.78 is 0. The number of hydrogen-bond donors (Lipinski definition) is 3. The van der Waals surface area contributed by atoms with Crippen LogP contribution < -0.4 is 10.6 Å². The summed E-state index contributed by atoms with van der Waals surface area (Å²) in [5.41, 5.74) is 0. The van der Waals surface area contributed by atoms with Gasteiger partial charge in [0.1, 0.15) is 0 Å². The zero-order valence-corrected chi connectivity index (χ0v) is 8.80. The molecule has 1 fully saturated rings. The van der Waals surface area contributed by atoms with Gasteiger partial charge in [0.05, 0.1) is 11.5 Å². The molecule has 0 aromatic carbocycles. The van der Waals surface area contributed by atoms with E-state index in [0.717, 1.165) is 24.6 Å². The van der Waals surface area contributed by atoms with E-state index in [9.17, 15) is 14.4 Å². The Morgan fingerprint density at radius 1 is 1.27 bits per heavy atom. The van der Waals surface area contributed by atoms with Crippen LogP contribution in [0.25, 0.3) is 0 Å². The summed E-state index contributed by atoms with van der Waals surface area (Å²) in [7, 11) is 0. The van der Waals surface area contributed by atoms with E-state index >= 15 is 0 Å². The van der Waals surface area contributed by atoms with Gasteiger partial charge in [0.25, 0.3) is 0 Å². The highest BCUT2D eigenvalue weighted by atomic mass is 32.2. The molecular formula is C8H12N2O4S. The summed E-state index contributed by atoms with van der Waals surface area (Å²) >= 11 is 0.954. The fraction of sp³-hybridized carbons (Fsp3) is 0.625. The molecule has 0 radical (unpaired) electrons. The van der Waals surface area contributed by atoms with Crippen LogP contribution in [0.15, 0.2) is 0 Å². The fourth-order valence-corrected chi connectivity index (χ4v) is 1.38. The van der Waals surface area contributed by atoms with Crippen LogP contribution in [0.5, 0.6) is 0 Å². The lowest BCUT2D eigenvalue weighted by atomic mass is 10.6. The molecule has 0 spiro atoms. The molecule has 0 aromatic rings. The molecule has 0 atom stereocenters. The molecule has 1 aliphatic carbocycles. The lowest BCUT2D eigenvalue weighted by Crippen LogP contribution is -2.41. The Morgan fingerprint density at radius 3 is 2.47 bits per heavy atom. The first-order valence-corrected chi connectivity index (χ1v) is 5.63. The number of carboxylic acid groups (broad SMARTS) is 1. The van der Waals surface area contributed by atoms with Gasteiger partial charge in [-0.05, 0) is 12.8 Å². The van der Waals surface area contributed by atoms with Crippen LogP contribution in [0.3, 0.4) is 0 Å². The predicted molar refractivity (Wildman–Crippen MR) is 54.7 cm³/mol.